The minimum atomic E-state index is 0.341. The molecule has 0 radical (unpaired) electrons. The number of aromatic nitrogens is 2. The van der Waals surface area contributed by atoms with Crippen LogP contribution in [-0.4, -0.2) is 26.6 Å². The van der Waals surface area contributed by atoms with E-state index < -0.39 is 0 Å². The number of fused-ring (bicyclic) bond motifs is 1. The average Bonchev–Trinajstić information content (AvgIpc) is 2.49. The van der Waals surface area contributed by atoms with Gasteiger partial charge in [0.15, 0.2) is 0 Å². The van der Waals surface area contributed by atoms with Crippen molar-refractivity contribution in [2.45, 2.75) is 25.4 Å². The molecule has 0 bridgehead atoms. The van der Waals surface area contributed by atoms with Crippen molar-refractivity contribution in [2.75, 3.05) is 6.54 Å². The summed E-state index contributed by atoms with van der Waals surface area (Å²) < 4.78 is 2.06. The molecule has 0 fully saturated rings. The second kappa shape index (κ2) is 3.11. The summed E-state index contributed by atoms with van der Waals surface area (Å²) in [6.07, 6.45) is 1.86. The Morgan fingerprint density at radius 3 is 3.17 bits per heavy atom. The molecule has 3 nitrogen and oxygen atoms in total. The molecule has 1 aliphatic heterocycles. The van der Waals surface area contributed by atoms with Crippen molar-refractivity contribution in [3.63, 3.8) is 0 Å². The second-order valence-corrected chi connectivity index (χ2v) is 3.90. The lowest BCUT2D eigenvalue weighted by molar-refractivity contribution is 0.208. The molecule has 0 saturated heterocycles. The van der Waals surface area contributed by atoms with Crippen molar-refractivity contribution >= 4 is 12.6 Å². The Kier molecular flexibility index (Phi) is 2.11. The summed E-state index contributed by atoms with van der Waals surface area (Å²) >= 11 is 4.41. The first-order valence-corrected chi connectivity index (χ1v) is 4.72. The van der Waals surface area contributed by atoms with E-state index in [-0.39, 0.29) is 0 Å². The van der Waals surface area contributed by atoms with Crippen LogP contribution < -0.4 is 0 Å². The largest absolute Gasteiger partial charge is 0.284 e. The van der Waals surface area contributed by atoms with Crippen LogP contribution in [0.15, 0.2) is 12.3 Å². The van der Waals surface area contributed by atoms with Crippen molar-refractivity contribution in [3.05, 3.63) is 18.0 Å². The van der Waals surface area contributed by atoms with E-state index in [0.717, 1.165) is 19.6 Å². The maximum atomic E-state index is 4.41. The SMILES string of the molecule is CC(S)N1CCn2nccc2C1. The van der Waals surface area contributed by atoms with Gasteiger partial charge in [0, 0.05) is 19.3 Å². The summed E-state index contributed by atoms with van der Waals surface area (Å²) in [6, 6.07) is 2.07. The van der Waals surface area contributed by atoms with E-state index in [2.05, 4.69) is 40.3 Å². The van der Waals surface area contributed by atoms with Crippen molar-refractivity contribution in [3.8, 4) is 0 Å². The maximum absolute atomic E-state index is 4.41. The molecule has 1 unspecified atom stereocenters. The van der Waals surface area contributed by atoms with Gasteiger partial charge in [0.25, 0.3) is 0 Å². The third-order valence-corrected chi connectivity index (χ3v) is 2.62. The maximum Gasteiger partial charge on any atom is 0.0540 e. The first kappa shape index (κ1) is 8.13. The highest BCUT2D eigenvalue weighted by atomic mass is 32.1. The van der Waals surface area contributed by atoms with Gasteiger partial charge in [-0.1, -0.05) is 0 Å². The Bertz CT molecular complexity index is 269. The van der Waals surface area contributed by atoms with Crippen LogP contribution in [-0.2, 0) is 13.1 Å². The van der Waals surface area contributed by atoms with Crippen molar-refractivity contribution in [1.82, 2.24) is 14.7 Å². The zero-order valence-corrected chi connectivity index (χ0v) is 8.04. The Balaban J connectivity index is 2.15. The van der Waals surface area contributed by atoms with Gasteiger partial charge in [-0.25, -0.2) is 0 Å². The third-order valence-electron chi connectivity index (χ3n) is 2.30. The van der Waals surface area contributed by atoms with Crippen LogP contribution in [0.25, 0.3) is 0 Å². The molecule has 1 aromatic rings. The predicted molar refractivity (Wildman–Crippen MR) is 51.1 cm³/mol. The molecule has 0 aliphatic carbocycles. The highest BCUT2D eigenvalue weighted by Crippen LogP contribution is 2.14. The molecule has 0 aromatic carbocycles. The molecule has 4 heteroatoms. The summed E-state index contributed by atoms with van der Waals surface area (Å²) in [7, 11) is 0. The van der Waals surface area contributed by atoms with Gasteiger partial charge in [-0.15, -0.1) is 0 Å². The first-order valence-electron chi connectivity index (χ1n) is 4.20. The monoisotopic (exact) mass is 183 g/mol. The fourth-order valence-corrected chi connectivity index (χ4v) is 1.72. The summed E-state index contributed by atoms with van der Waals surface area (Å²) in [4.78, 5) is 2.33. The molecule has 0 saturated carbocycles. The van der Waals surface area contributed by atoms with Gasteiger partial charge in [0.1, 0.15) is 0 Å². The van der Waals surface area contributed by atoms with E-state index in [1.54, 1.807) is 0 Å². The molecule has 0 N–H and O–H groups in total. The Labute approximate surface area is 77.8 Å². The Hall–Kier alpha value is -0.480. The summed E-state index contributed by atoms with van der Waals surface area (Å²) in [5.41, 5.74) is 1.29. The summed E-state index contributed by atoms with van der Waals surface area (Å²) in [5.74, 6) is 0. The number of hydrogen-bond acceptors (Lipinski definition) is 3. The molecule has 2 heterocycles. The number of hydrogen-bond donors (Lipinski definition) is 1. The van der Waals surface area contributed by atoms with Gasteiger partial charge >= 0.3 is 0 Å². The zero-order chi connectivity index (χ0) is 8.55. The van der Waals surface area contributed by atoms with Crippen LogP contribution in [0.1, 0.15) is 12.6 Å². The number of thiol groups is 1. The lowest BCUT2D eigenvalue weighted by Crippen LogP contribution is -2.37. The zero-order valence-electron chi connectivity index (χ0n) is 7.14. The van der Waals surface area contributed by atoms with Crippen LogP contribution in [0.4, 0.5) is 0 Å². The molecule has 66 valence electrons. The van der Waals surface area contributed by atoms with Gasteiger partial charge in [-0.2, -0.15) is 17.7 Å². The highest BCUT2D eigenvalue weighted by molar-refractivity contribution is 7.80. The molecule has 1 atom stereocenters. The van der Waals surface area contributed by atoms with Crippen LogP contribution in [0.2, 0.25) is 0 Å². The van der Waals surface area contributed by atoms with Crippen LogP contribution in [0.5, 0.6) is 0 Å². The smallest absolute Gasteiger partial charge is 0.0540 e. The lowest BCUT2D eigenvalue weighted by Gasteiger charge is -2.30. The molecule has 2 rings (SSSR count). The van der Waals surface area contributed by atoms with Crippen LogP contribution in [0.3, 0.4) is 0 Å². The molecule has 1 aromatic heterocycles. The molecule has 12 heavy (non-hydrogen) atoms. The van der Waals surface area contributed by atoms with Crippen molar-refractivity contribution < 1.29 is 0 Å². The standard InChI is InChI=1S/C8H13N3S/c1-7(12)10-4-5-11-8(6-10)2-3-9-11/h2-3,7,12H,4-6H2,1H3. The third kappa shape index (κ3) is 1.36. The summed E-state index contributed by atoms with van der Waals surface area (Å²) in [5, 5.41) is 4.56. The molecular formula is C8H13N3S. The fourth-order valence-electron chi connectivity index (χ4n) is 1.52. The normalized spacial score (nSPS) is 20.5. The predicted octanol–water partition coefficient (Wildman–Crippen LogP) is 0.974. The van der Waals surface area contributed by atoms with Crippen molar-refractivity contribution in [1.29, 1.82) is 0 Å². The fraction of sp³-hybridized carbons (Fsp3) is 0.625. The van der Waals surface area contributed by atoms with Crippen LogP contribution >= 0.6 is 12.6 Å². The van der Waals surface area contributed by atoms with E-state index in [9.17, 15) is 0 Å². The van der Waals surface area contributed by atoms with E-state index in [1.165, 1.54) is 5.69 Å². The van der Waals surface area contributed by atoms with E-state index >= 15 is 0 Å². The molecule has 0 spiro atoms. The quantitative estimate of drug-likeness (QED) is 0.655. The van der Waals surface area contributed by atoms with Gasteiger partial charge in [-0.3, -0.25) is 9.58 Å². The van der Waals surface area contributed by atoms with Gasteiger partial charge in [0.05, 0.1) is 17.6 Å². The first-order chi connectivity index (χ1) is 5.77. The summed E-state index contributed by atoms with van der Waals surface area (Å²) in [6.45, 7) is 5.13. The van der Waals surface area contributed by atoms with Gasteiger partial charge in [0.2, 0.25) is 0 Å². The lowest BCUT2D eigenvalue weighted by atomic mass is 10.3. The minimum absolute atomic E-state index is 0.341. The second-order valence-electron chi connectivity index (χ2n) is 3.15. The van der Waals surface area contributed by atoms with Crippen molar-refractivity contribution in [2.24, 2.45) is 0 Å². The molecular weight excluding hydrogens is 170 g/mol. The highest BCUT2D eigenvalue weighted by Gasteiger charge is 2.18. The van der Waals surface area contributed by atoms with Crippen LogP contribution in [0, 0.1) is 0 Å². The van der Waals surface area contributed by atoms with Gasteiger partial charge < -0.3 is 0 Å². The average molecular weight is 183 g/mol. The van der Waals surface area contributed by atoms with Gasteiger partial charge in [-0.05, 0) is 13.0 Å². The topological polar surface area (TPSA) is 21.1 Å². The molecule has 0 amide bonds. The number of rotatable bonds is 1. The Morgan fingerprint density at radius 2 is 2.42 bits per heavy atom. The van der Waals surface area contributed by atoms with E-state index in [0.29, 0.717) is 5.37 Å². The van der Waals surface area contributed by atoms with E-state index in [4.69, 9.17) is 0 Å². The van der Waals surface area contributed by atoms with E-state index in [1.807, 2.05) is 6.20 Å². The Morgan fingerprint density at radius 1 is 1.58 bits per heavy atom. The minimum Gasteiger partial charge on any atom is -0.284 e. The molecule has 1 aliphatic rings. The number of nitrogens with zero attached hydrogens (tertiary/aromatic N) is 3.